The van der Waals surface area contributed by atoms with Gasteiger partial charge in [-0.3, -0.25) is 4.79 Å². The molecule has 106 valence electrons. The van der Waals surface area contributed by atoms with E-state index in [1.807, 2.05) is 16.8 Å². The molecule has 1 saturated heterocycles. The molecule has 1 aliphatic rings. The molecule has 19 heavy (non-hydrogen) atoms. The first kappa shape index (κ1) is 14.5. The van der Waals surface area contributed by atoms with E-state index >= 15 is 0 Å². The minimum absolute atomic E-state index is 0.0774. The zero-order valence-electron chi connectivity index (χ0n) is 11.3. The van der Waals surface area contributed by atoms with E-state index in [9.17, 15) is 9.90 Å². The van der Waals surface area contributed by atoms with Crippen molar-refractivity contribution in [3.8, 4) is 0 Å². The minimum Gasteiger partial charge on any atom is -0.387 e. The Labute approximate surface area is 118 Å². The summed E-state index contributed by atoms with van der Waals surface area (Å²) < 4.78 is 0. The number of hydrogen-bond donors (Lipinski definition) is 3. The Balaban J connectivity index is 1.89. The molecule has 1 aromatic heterocycles. The lowest BCUT2D eigenvalue weighted by molar-refractivity contribution is -0.131. The van der Waals surface area contributed by atoms with Crippen molar-refractivity contribution < 1.29 is 9.90 Å². The highest BCUT2D eigenvalue weighted by molar-refractivity contribution is 7.07. The minimum atomic E-state index is -0.608. The van der Waals surface area contributed by atoms with Crippen LogP contribution in [-0.4, -0.2) is 30.6 Å². The van der Waals surface area contributed by atoms with Crippen molar-refractivity contribution in [3.63, 3.8) is 0 Å². The lowest BCUT2D eigenvalue weighted by atomic mass is 9.81. The number of nitrogens with one attached hydrogen (secondary N) is 2. The summed E-state index contributed by atoms with van der Waals surface area (Å²) in [6.45, 7) is 4.05. The summed E-state index contributed by atoms with van der Waals surface area (Å²) in [5.41, 5.74) is 0.600. The molecule has 1 aromatic rings. The standard InChI is InChI=1S/C14H22N2O2S/c1-2-4-14(5-6-15-10-14)13(18)16-8-12(17)11-3-7-19-9-11/h3,7,9,12,15,17H,2,4-6,8,10H2,1H3,(H,16,18). The van der Waals surface area contributed by atoms with Crippen LogP contribution in [0.2, 0.25) is 0 Å². The molecule has 2 rings (SSSR count). The van der Waals surface area contributed by atoms with Gasteiger partial charge in [-0.15, -0.1) is 0 Å². The second kappa shape index (κ2) is 6.50. The first-order chi connectivity index (χ1) is 9.18. The van der Waals surface area contributed by atoms with Crippen LogP contribution in [0.1, 0.15) is 37.9 Å². The van der Waals surface area contributed by atoms with Crippen molar-refractivity contribution >= 4 is 17.2 Å². The average molecular weight is 282 g/mol. The first-order valence-electron chi connectivity index (χ1n) is 6.87. The Kier molecular flexibility index (Phi) is 4.96. The quantitative estimate of drug-likeness (QED) is 0.744. The van der Waals surface area contributed by atoms with Crippen LogP contribution in [-0.2, 0) is 4.79 Å². The zero-order chi connectivity index (χ0) is 13.7. The van der Waals surface area contributed by atoms with Gasteiger partial charge in [-0.05, 0) is 41.8 Å². The van der Waals surface area contributed by atoms with E-state index in [1.54, 1.807) is 11.3 Å². The van der Waals surface area contributed by atoms with Gasteiger partial charge in [-0.1, -0.05) is 13.3 Å². The second-order valence-electron chi connectivity index (χ2n) is 5.24. The number of thiophene rings is 1. The van der Waals surface area contributed by atoms with Gasteiger partial charge in [0.1, 0.15) is 0 Å². The van der Waals surface area contributed by atoms with Crippen molar-refractivity contribution in [1.29, 1.82) is 0 Å². The fraction of sp³-hybridized carbons (Fsp3) is 0.643. The van der Waals surface area contributed by atoms with Crippen LogP contribution in [0.25, 0.3) is 0 Å². The zero-order valence-corrected chi connectivity index (χ0v) is 12.1. The molecule has 1 amide bonds. The number of carbonyl (C=O) groups excluding carboxylic acids is 1. The molecule has 2 unspecified atom stereocenters. The largest absolute Gasteiger partial charge is 0.387 e. The molecule has 0 spiro atoms. The van der Waals surface area contributed by atoms with Gasteiger partial charge in [0, 0.05) is 13.1 Å². The van der Waals surface area contributed by atoms with E-state index in [4.69, 9.17) is 0 Å². The summed E-state index contributed by atoms with van der Waals surface area (Å²) in [4.78, 5) is 12.4. The SMILES string of the molecule is CCCC1(C(=O)NCC(O)c2ccsc2)CCNC1. The number of amides is 1. The molecule has 3 N–H and O–H groups in total. The monoisotopic (exact) mass is 282 g/mol. The van der Waals surface area contributed by atoms with E-state index in [2.05, 4.69) is 17.6 Å². The van der Waals surface area contributed by atoms with E-state index in [0.717, 1.165) is 37.9 Å². The van der Waals surface area contributed by atoms with E-state index in [1.165, 1.54) is 0 Å². The van der Waals surface area contributed by atoms with Gasteiger partial charge in [-0.25, -0.2) is 0 Å². The van der Waals surface area contributed by atoms with Crippen LogP contribution in [0.15, 0.2) is 16.8 Å². The highest BCUT2D eigenvalue weighted by atomic mass is 32.1. The molecule has 0 aliphatic carbocycles. The summed E-state index contributed by atoms with van der Waals surface area (Å²) in [5.74, 6) is 0.0774. The number of aliphatic hydroxyl groups excluding tert-OH is 1. The van der Waals surface area contributed by atoms with Crippen LogP contribution in [0.5, 0.6) is 0 Å². The lowest BCUT2D eigenvalue weighted by Gasteiger charge is -2.27. The number of aliphatic hydroxyl groups is 1. The number of hydrogen-bond acceptors (Lipinski definition) is 4. The number of rotatable bonds is 6. The Hall–Kier alpha value is -0.910. The molecule has 4 nitrogen and oxygen atoms in total. The normalized spacial score (nSPS) is 24.3. The Morgan fingerprint density at radius 1 is 1.68 bits per heavy atom. The van der Waals surface area contributed by atoms with Crippen molar-refractivity contribution in [2.24, 2.45) is 5.41 Å². The summed E-state index contributed by atoms with van der Waals surface area (Å²) >= 11 is 1.55. The molecule has 0 radical (unpaired) electrons. The highest BCUT2D eigenvalue weighted by Crippen LogP contribution is 2.31. The van der Waals surface area contributed by atoms with Gasteiger partial charge in [0.05, 0.1) is 11.5 Å². The van der Waals surface area contributed by atoms with Crippen molar-refractivity contribution in [2.75, 3.05) is 19.6 Å². The molecule has 5 heteroatoms. The van der Waals surface area contributed by atoms with E-state index < -0.39 is 6.10 Å². The van der Waals surface area contributed by atoms with Crippen LogP contribution < -0.4 is 10.6 Å². The Bertz CT molecular complexity index is 400. The predicted molar refractivity (Wildman–Crippen MR) is 77.1 cm³/mol. The summed E-state index contributed by atoms with van der Waals surface area (Å²) in [5, 5.41) is 20.0. The van der Waals surface area contributed by atoms with E-state index in [0.29, 0.717) is 6.54 Å². The van der Waals surface area contributed by atoms with Crippen LogP contribution >= 0.6 is 11.3 Å². The third kappa shape index (κ3) is 3.35. The molecule has 2 atom stereocenters. The fourth-order valence-corrected chi connectivity index (χ4v) is 3.41. The Morgan fingerprint density at radius 3 is 3.11 bits per heavy atom. The smallest absolute Gasteiger partial charge is 0.227 e. The highest BCUT2D eigenvalue weighted by Gasteiger charge is 2.40. The molecule has 0 saturated carbocycles. The summed E-state index contributed by atoms with van der Waals surface area (Å²) in [7, 11) is 0. The van der Waals surface area contributed by atoms with Gasteiger partial charge in [0.15, 0.2) is 0 Å². The van der Waals surface area contributed by atoms with Gasteiger partial charge in [0.2, 0.25) is 5.91 Å². The lowest BCUT2D eigenvalue weighted by Crippen LogP contribution is -2.43. The van der Waals surface area contributed by atoms with E-state index in [-0.39, 0.29) is 11.3 Å². The van der Waals surface area contributed by atoms with Gasteiger partial charge < -0.3 is 15.7 Å². The maximum Gasteiger partial charge on any atom is 0.227 e. The van der Waals surface area contributed by atoms with Gasteiger partial charge in [-0.2, -0.15) is 11.3 Å². The van der Waals surface area contributed by atoms with Crippen molar-refractivity contribution in [3.05, 3.63) is 22.4 Å². The maximum atomic E-state index is 12.4. The van der Waals surface area contributed by atoms with Crippen LogP contribution in [0, 0.1) is 5.41 Å². The Morgan fingerprint density at radius 2 is 2.53 bits per heavy atom. The fourth-order valence-electron chi connectivity index (χ4n) is 2.70. The molecule has 1 aliphatic heterocycles. The molecular formula is C14H22N2O2S. The second-order valence-corrected chi connectivity index (χ2v) is 6.02. The molecule has 0 bridgehead atoms. The van der Waals surface area contributed by atoms with Gasteiger partial charge in [0.25, 0.3) is 0 Å². The third-order valence-corrected chi connectivity index (χ3v) is 4.54. The van der Waals surface area contributed by atoms with Crippen molar-refractivity contribution in [1.82, 2.24) is 10.6 Å². The topological polar surface area (TPSA) is 61.4 Å². The van der Waals surface area contributed by atoms with Crippen molar-refractivity contribution in [2.45, 2.75) is 32.3 Å². The molecule has 1 fully saturated rings. The van der Waals surface area contributed by atoms with Gasteiger partial charge >= 0.3 is 0 Å². The predicted octanol–water partition coefficient (Wildman–Crippen LogP) is 1.68. The third-order valence-electron chi connectivity index (χ3n) is 3.84. The first-order valence-corrected chi connectivity index (χ1v) is 7.81. The summed E-state index contributed by atoms with van der Waals surface area (Å²) in [6.07, 6.45) is 2.19. The van der Waals surface area contributed by atoms with Crippen LogP contribution in [0.3, 0.4) is 0 Å². The molecule has 2 heterocycles. The maximum absolute atomic E-state index is 12.4. The molecule has 0 aromatic carbocycles. The number of carbonyl (C=O) groups is 1. The summed E-state index contributed by atoms with van der Waals surface area (Å²) in [6, 6.07) is 1.89. The molecular weight excluding hydrogens is 260 g/mol. The van der Waals surface area contributed by atoms with Crippen LogP contribution in [0.4, 0.5) is 0 Å². The average Bonchev–Trinajstić information content (AvgIpc) is 3.07.